The van der Waals surface area contributed by atoms with Crippen LogP contribution < -0.4 is 14.4 Å². The van der Waals surface area contributed by atoms with Gasteiger partial charge in [-0.15, -0.1) is 11.3 Å². The minimum absolute atomic E-state index is 0.0478. The van der Waals surface area contributed by atoms with E-state index in [9.17, 15) is 14.7 Å². The molecule has 0 aliphatic carbocycles. The SMILES string of the molecule is COc1ccc(/C(O)=C2/C(=O)C(=O)N(c3ccccc3OC)C2c2cccs2)c(C)c1. The first-order valence-electron chi connectivity index (χ1n) is 9.60. The summed E-state index contributed by atoms with van der Waals surface area (Å²) in [6, 6.07) is 15.1. The molecule has 31 heavy (non-hydrogen) atoms. The first-order chi connectivity index (χ1) is 15.0. The number of methoxy groups -OCH3 is 2. The first-order valence-corrected chi connectivity index (χ1v) is 10.5. The number of carbonyl (C=O) groups is 2. The number of aliphatic hydroxyl groups excluding tert-OH is 1. The number of benzene rings is 2. The Kier molecular flexibility index (Phi) is 5.52. The summed E-state index contributed by atoms with van der Waals surface area (Å²) in [7, 11) is 3.07. The number of ketones is 1. The van der Waals surface area contributed by atoms with Crippen molar-refractivity contribution >= 4 is 34.5 Å². The van der Waals surface area contributed by atoms with E-state index in [2.05, 4.69) is 0 Å². The largest absolute Gasteiger partial charge is 0.507 e. The number of aryl methyl sites for hydroxylation is 1. The maximum absolute atomic E-state index is 13.2. The highest BCUT2D eigenvalue weighted by molar-refractivity contribution is 7.10. The summed E-state index contributed by atoms with van der Waals surface area (Å²) < 4.78 is 10.7. The molecule has 0 saturated carbocycles. The number of aliphatic hydroxyl groups is 1. The quantitative estimate of drug-likeness (QED) is 0.357. The monoisotopic (exact) mass is 435 g/mol. The smallest absolute Gasteiger partial charge is 0.300 e. The van der Waals surface area contributed by atoms with Gasteiger partial charge in [-0.3, -0.25) is 14.5 Å². The van der Waals surface area contributed by atoms with Crippen molar-refractivity contribution in [3.8, 4) is 11.5 Å². The van der Waals surface area contributed by atoms with Gasteiger partial charge in [0.2, 0.25) is 0 Å². The van der Waals surface area contributed by atoms with Gasteiger partial charge in [-0.05, 0) is 54.3 Å². The van der Waals surface area contributed by atoms with Gasteiger partial charge in [-0.2, -0.15) is 0 Å². The fraction of sp³-hybridized carbons (Fsp3) is 0.167. The van der Waals surface area contributed by atoms with E-state index >= 15 is 0 Å². The van der Waals surface area contributed by atoms with Crippen LogP contribution in [-0.2, 0) is 9.59 Å². The average molecular weight is 436 g/mol. The normalized spacial score (nSPS) is 17.8. The maximum atomic E-state index is 13.2. The summed E-state index contributed by atoms with van der Waals surface area (Å²) in [6.07, 6.45) is 0. The molecule has 7 heteroatoms. The highest BCUT2D eigenvalue weighted by atomic mass is 32.1. The van der Waals surface area contributed by atoms with Crippen molar-refractivity contribution in [3.05, 3.63) is 81.6 Å². The highest BCUT2D eigenvalue weighted by Gasteiger charge is 2.48. The Morgan fingerprint density at radius 3 is 2.45 bits per heavy atom. The Bertz CT molecular complexity index is 1180. The van der Waals surface area contributed by atoms with E-state index in [-0.39, 0.29) is 11.3 Å². The maximum Gasteiger partial charge on any atom is 0.300 e. The van der Waals surface area contributed by atoms with E-state index in [1.807, 2.05) is 24.4 Å². The number of nitrogens with zero attached hydrogens (tertiary/aromatic N) is 1. The number of carbonyl (C=O) groups excluding carboxylic acids is 2. The van der Waals surface area contributed by atoms with Crippen LogP contribution in [-0.4, -0.2) is 31.0 Å². The van der Waals surface area contributed by atoms with Crippen LogP contribution in [0, 0.1) is 6.92 Å². The third-order valence-corrected chi connectivity index (χ3v) is 6.22. The standard InChI is InChI=1S/C24H21NO5S/c1-14-13-15(29-2)10-11-16(14)22(26)20-21(19-9-6-12-31-19)25(24(28)23(20)27)17-7-4-5-8-18(17)30-3/h4-13,21,26H,1-3H3/b22-20-. The van der Waals surface area contributed by atoms with Gasteiger partial charge in [0.1, 0.15) is 23.3 Å². The second-order valence-corrected chi connectivity index (χ2v) is 8.02. The fourth-order valence-electron chi connectivity index (χ4n) is 3.80. The molecule has 0 bridgehead atoms. The van der Waals surface area contributed by atoms with Crippen LogP contribution in [0.4, 0.5) is 5.69 Å². The zero-order valence-corrected chi connectivity index (χ0v) is 18.1. The molecular weight excluding hydrogens is 414 g/mol. The van der Waals surface area contributed by atoms with Crippen LogP contribution in [0.3, 0.4) is 0 Å². The van der Waals surface area contributed by atoms with Gasteiger partial charge in [-0.25, -0.2) is 0 Å². The lowest BCUT2D eigenvalue weighted by Gasteiger charge is -2.25. The van der Waals surface area contributed by atoms with E-state index in [0.717, 1.165) is 10.4 Å². The number of hydrogen-bond donors (Lipinski definition) is 1. The molecule has 3 aromatic rings. The molecule has 1 aliphatic heterocycles. The van der Waals surface area contributed by atoms with Crippen molar-refractivity contribution in [2.75, 3.05) is 19.1 Å². The topological polar surface area (TPSA) is 76.1 Å². The van der Waals surface area contributed by atoms with Crippen LogP contribution in [0.15, 0.2) is 65.6 Å². The Morgan fingerprint density at radius 1 is 1.03 bits per heavy atom. The van der Waals surface area contributed by atoms with Crippen molar-refractivity contribution in [2.45, 2.75) is 13.0 Å². The molecule has 2 heterocycles. The molecule has 1 fully saturated rings. The summed E-state index contributed by atoms with van der Waals surface area (Å²) in [5.41, 5.74) is 1.72. The molecule has 1 aromatic heterocycles. The van der Waals surface area contributed by atoms with Gasteiger partial charge >= 0.3 is 0 Å². The lowest BCUT2D eigenvalue weighted by Crippen LogP contribution is -2.29. The van der Waals surface area contributed by atoms with Crippen molar-refractivity contribution in [2.24, 2.45) is 0 Å². The van der Waals surface area contributed by atoms with Gasteiger partial charge in [0.15, 0.2) is 0 Å². The Hall–Kier alpha value is -3.58. The molecule has 0 spiro atoms. The second-order valence-electron chi connectivity index (χ2n) is 7.04. The Balaban J connectivity index is 1.95. The lowest BCUT2D eigenvalue weighted by atomic mass is 9.97. The van der Waals surface area contributed by atoms with E-state index < -0.39 is 17.7 Å². The molecule has 2 aromatic carbocycles. The minimum atomic E-state index is -0.766. The van der Waals surface area contributed by atoms with Crippen LogP contribution in [0.2, 0.25) is 0 Å². The predicted octanol–water partition coefficient (Wildman–Crippen LogP) is 4.70. The molecule has 0 radical (unpaired) electrons. The summed E-state index contributed by atoms with van der Waals surface area (Å²) in [4.78, 5) is 28.5. The minimum Gasteiger partial charge on any atom is -0.507 e. The number of rotatable bonds is 5. The molecule has 1 saturated heterocycles. The Labute approximate surface area is 184 Å². The van der Waals surface area contributed by atoms with E-state index in [1.165, 1.54) is 23.3 Å². The number of Topliss-reactive ketones (excluding diaryl/α,β-unsaturated/α-hetero) is 1. The summed E-state index contributed by atoms with van der Waals surface area (Å²) in [5, 5.41) is 13.1. The lowest BCUT2D eigenvalue weighted by molar-refractivity contribution is -0.132. The van der Waals surface area contributed by atoms with Crippen LogP contribution in [0.1, 0.15) is 22.0 Å². The van der Waals surface area contributed by atoms with E-state index in [0.29, 0.717) is 22.7 Å². The molecule has 158 valence electrons. The van der Waals surface area contributed by atoms with Gasteiger partial charge in [0, 0.05) is 10.4 Å². The predicted molar refractivity (Wildman–Crippen MR) is 120 cm³/mol. The molecule has 4 rings (SSSR count). The highest BCUT2D eigenvalue weighted by Crippen LogP contribution is 2.46. The number of anilines is 1. The van der Waals surface area contributed by atoms with Crippen molar-refractivity contribution in [3.63, 3.8) is 0 Å². The number of amides is 1. The van der Waals surface area contributed by atoms with Crippen LogP contribution >= 0.6 is 11.3 Å². The molecule has 1 atom stereocenters. The zero-order chi connectivity index (χ0) is 22.1. The van der Waals surface area contributed by atoms with Crippen molar-refractivity contribution in [1.82, 2.24) is 0 Å². The number of hydrogen-bond acceptors (Lipinski definition) is 6. The zero-order valence-electron chi connectivity index (χ0n) is 17.3. The summed E-state index contributed by atoms with van der Waals surface area (Å²) >= 11 is 1.41. The number of thiophene rings is 1. The van der Waals surface area contributed by atoms with Gasteiger partial charge in [-0.1, -0.05) is 18.2 Å². The van der Waals surface area contributed by atoms with Gasteiger partial charge < -0.3 is 14.6 Å². The van der Waals surface area contributed by atoms with Gasteiger partial charge in [0.05, 0.1) is 25.5 Å². The fourth-order valence-corrected chi connectivity index (χ4v) is 4.62. The number of para-hydroxylation sites is 2. The van der Waals surface area contributed by atoms with Gasteiger partial charge in [0.25, 0.3) is 11.7 Å². The van der Waals surface area contributed by atoms with Crippen LogP contribution in [0.5, 0.6) is 11.5 Å². The molecule has 1 amide bonds. The third-order valence-electron chi connectivity index (χ3n) is 5.29. The summed E-state index contributed by atoms with van der Waals surface area (Å²) in [5.74, 6) is -0.563. The molecule has 1 N–H and O–H groups in total. The van der Waals surface area contributed by atoms with Crippen molar-refractivity contribution < 1.29 is 24.2 Å². The molecule has 1 aliphatic rings. The first kappa shape index (κ1) is 20.7. The average Bonchev–Trinajstić information content (AvgIpc) is 3.40. The summed E-state index contributed by atoms with van der Waals surface area (Å²) in [6.45, 7) is 1.81. The molecular formula is C24H21NO5S. The van der Waals surface area contributed by atoms with E-state index in [1.54, 1.807) is 49.6 Å². The van der Waals surface area contributed by atoms with Crippen LogP contribution in [0.25, 0.3) is 5.76 Å². The third kappa shape index (κ3) is 3.47. The number of ether oxygens (including phenoxy) is 2. The van der Waals surface area contributed by atoms with E-state index in [4.69, 9.17) is 9.47 Å². The van der Waals surface area contributed by atoms with Crippen molar-refractivity contribution in [1.29, 1.82) is 0 Å². The second kappa shape index (κ2) is 8.28. The molecule has 1 unspecified atom stereocenters. The Morgan fingerprint density at radius 2 is 1.81 bits per heavy atom. The molecule has 6 nitrogen and oxygen atoms in total.